The number of para-hydroxylation sites is 2. The monoisotopic (exact) mass is 736 g/mol. The number of fused-ring (bicyclic) bond motifs is 11. The summed E-state index contributed by atoms with van der Waals surface area (Å²) >= 11 is 0. The minimum absolute atomic E-state index is 0.894. The van der Waals surface area contributed by atoms with Gasteiger partial charge in [-0.1, -0.05) is 164 Å². The summed E-state index contributed by atoms with van der Waals surface area (Å²) in [5.41, 5.74) is 10.8. The first-order valence-electron chi connectivity index (χ1n) is 19.9. The van der Waals surface area contributed by atoms with Crippen molar-refractivity contribution in [3.8, 4) is 33.4 Å². The average Bonchev–Trinajstić information content (AvgIpc) is 3.84. The second-order valence-electron chi connectivity index (χ2n) is 15.5. The fourth-order valence-electron chi connectivity index (χ4n) is 10.00. The number of benzene rings is 11. The number of hydrogen-bond donors (Lipinski definition) is 0. The SMILES string of the molecule is c1ccc2c(-c3c4cccc(-c5c6ccccc6cc6oc7ccccc7c56)c4cc4c(-c5c6ccccc6cc6oc7ccccc7c56)cccc34)cccc2c1. The fraction of sp³-hybridized carbons (Fsp3) is 0. The Bertz CT molecular complexity index is 3640. The third-order valence-electron chi connectivity index (χ3n) is 12.4. The molecular formula is C56H32O2. The molecule has 2 heteroatoms. The molecule has 13 aromatic rings. The molecule has 0 aliphatic heterocycles. The minimum atomic E-state index is 0.894. The summed E-state index contributed by atoms with van der Waals surface area (Å²) in [5.74, 6) is 0. The van der Waals surface area contributed by atoms with Crippen molar-refractivity contribution in [1.29, 1.82) is 0 Å². The highest BCUT2D eigenvalue weighted by molar-refractivity contribution is 6.29. The van der Waals surface area contributed by atoms with E-state index in [4.69, 9.17) is 8.83 Å². The molecule has 0 aliphatic rings. The van der Waals surface area contributed by atoms with Crippen molar-refractivity contribution in [2.24, 2.45) is 0 Å². The first-order chi connectivity index (χ1) is 28.8. The topological polar surface area (TPSA) is 26.3 Å². The second kappa shape index (κ2) is 11.9. The van der Waals surface area contributed by atoms with Gasteiger partial charge in [-0.25, -0.2) is 0 Å². The van der Waals surface area contributed by atoms with Crippen molar-refractivity contribution in [2.75, 3.05) is 0 Å². The molecule has 2 nitrogen and oxygen atoms in total. The van der Waals surface area contributed by atoms with Gasteiger partial charge in [0.25, 0.3) is 0 Å². The zero-order chi connectivity index (χ0) is 37.9. The van der Waals surface area contributed by atoms with Crippen LogP contribution in [0.1, 0.15) is 0 Å². The maximum Gasteiger partial charge on any atom is 0.136 e. The molecule has 0 atom stereocenters. The third kappa shape index (κ3) is 4.37. The van der Waals surface area contributed by atoms with E-state index < -0.39 is 0 Å². The Morgan fingerprint density at radius 1 is 0.224 bits per heavy atom. The number of furan rings is 2. The van der Waals surface area contributed by atoms with Crippen LogP contribution in [-0.2, 0) is 0 Å². The Labute approximate surface area is 332 Å². The number of rotatable bonds is 3. The molecule has 0 radical (unpaired) electrons. The van der Waals surface area contributed by atoms with Crippen LogP contribution in [0.5, 0.6) is 0 Å². The van der Waals surface area contributed by atoms with Gasteiger partial charge in [0.1, 0.15) is 22.3 Å². The molecule has 268 valence electrons. The lowest BCUT2D eigenvalue weighted by Gasteiger charge is -2.20. The highest BCUT2D eigenvalue weighted by atomic mass is 16.3. The van der Waals surface area contributed by atoms with Crippen LogP contribution in [0, 0.1) is 0 Å². The van der Waals surface area contributed by atoms with Crippen LogP contribution in [0.2, 0.25) is 0 Å². The van der Waals surface area contributed by atoms with Crippen molar-refractivity contribution in [1.82, 2.24) is 0 Å². The lowest BCUT2D eigenvalue weighted by atomic mass is 9.83. The number of hydrogen-bond acceptors (Lipinski definition) is 2. The van der Waals surface area contributed by atoms with Gasteiger partial charge in [0, 0.05) is 32.7 Å². The van der Waals surface area contributed by atoms with Crippen LogP contribution in [-0.4, -0.2) is 0 Å². The van der Waals surface area contributed by atoms with Crippen molar-refractivity contribution < 1.29 is 8.83 Å². The molecule has 2 heterocycles. The van der Waals surface area contributed by atoms with Gasteiger partial charge < -0.3 is 8.83 Å². The van der Waals surface area contributed by atoms with Gasteiger partial charge in [0.2, 0.25) is 0 Å². The average molecular weight is 737 g/mol. The molecule has 58 heavy (non-hydrogen) atoms. The third-order valence-corrected chi connectivity index (χ3v) is 12.4. The fourth-order valence-corrected chi connectivity index (χ4v) is 10.00. The second-order valence-corrected chi connectivity index (χ2v) is 15.5. The molecule has 0 amide bonds. The van der Waals surface area contributed by atoms with Crippen LogP contribution < -0.4 is 0 Å². The van der Waals surface area contributed by atoms with E-state index in [1.54, 1.807) is 0 Å². The molecule has 0 saturated heterocycles. The maximum absolute atomic E-state index is 6.62. The Balaban J connectivity index is 1.26. The van der Waals surface area contributed by atoms with Crippen LogP contribution in [0.3, 0.4) is 0 Å². The van der Waals surface area contributed by atoms with Gasteiger partial charge >= 0.3 is 0 Å². The molecule has 0 fully saturated rings. The van der Waals surface area contributed by atoms with E-state index in [2.05, 4.69) is 194 Å². The van der Waals surface area contributed by atoms with E-state index >= 15 is 0 Å². The summed E-state index contributed by atoms with van der Waals surface area (Å²) in [7, 11) is 0. The van der Waals surface area contributed by atoms with E-state index in [0.29, 0.717) is 0 Å². The lowest BCUT2D eigenvalue weighted by Crippen LogP contribution is -1.93. The predicted octanol–water partition coefficient (Wildman–Crippen LogP) is 16.3. The molecule has 11 aromatic carbocycles. The first kappa shape index (κ1) is 31.5. The van der Waals surface area contributed by atoms with E-state index in [1.807, 2.05) is 0 Å². The summed E-state index contributed by atoms with van der Waals surface area (Å²) < 4.78 is 13.2. The summed E-state index contributed by atoms with van der Waals surface area (Å²) in [6, 6.07) is 70.5. The van der Waals surface area contributed by atoms with Gasteiger partial charge in [-0.15, -0.1) is 0 Å². The first-order valence-corrected chi connectivity index (χ1v) is 19.9. The summed E-state index contributed by atoms with van der Waals surface area (Å²) in [5, 5.41) is 16.5. The van der Waals surface area contributed by atoms with Gasteiger partial charge in [-0.3, -0.25) is 0 Å². The summed E-state index contributed by atoms with van der Waals surface area (Å²) in [6.07, 6.45) is 0. The van der Waals surface area contributed by atoms with E-state index in [-0.39, 0.29) is 0 Å². The van der Waals surface area contributed by atoms with Crippen LogP contribution in [0.25, 0.3) is 131 Å². The van der Waals surface area contributed by atoms with Crippen LogP contribution in [0.15, 0.2) is 203 Å². The highest BCUT2D eigenvalue weighted by Gasteiger charge is 2.23. The van der Waals surface area contributed by atoms with Crippen LogP contribution in [0.4, 0.5) is 0 Å². The van der Waals surface area contributed by atoms with Crippen molar-refractivity contribution in [3.63, 3.8) is 0 Å². The Morgan fingerprint density at radius 2 is 0.603 bits per heavy atom. The van der Waals surface area contributed by atoms with Gasteiger partial charge in [0.15, 0.2) is 0 Å². The standard InChI is InChI=1S/C56H32O2/c1-4-18-36-33(14-1)17-11-23-39(36)52-40-24-12-26-42(53-37-19-5-2-15-34(37)30-50-55(53)44-21-7-9-28-48(44)57-50)46(40)32-47-41(52)25-13-27-43(47)54-38-20-6-3-16-35(38)31-51-56(54)45-22-8-10-29-49(45)58-51/h1-32H. The molecule has 0 aliphatic carbocycles. The van der Waals surface area contributed by atoms with E-state index in [0.717, 1.165) is 54.6 Å². The van der Waals surface area contributed by atoms with Gasteiger partial charge in [-0.2, -0.15) is 0 Å². The molecular weight excluding hydrogens is 705 g/mol. The zero-order valence-electron chi connectivity index (χ0n) is 31.3. The van der Waals surface area contributed by atoms with Crippen molar-refractivity contribution in [2.45, 2.75) is 0 Å². The predicted molar refractivity (Wildman–Crippen MR) is 245 cm³/mol. The molecule has 0 unspecified atom stereocenters. The molecule has 0 bridgehead atoms. The summed E-state index contributed by atoms with van der Waals surface area (Å²) in [4.78, 5) is 0. The van der Waals surface area contributed by atoms with Crippen molar-refractivity contribution >= 4 is 97.7 Å². The molecule has 13 rings (SSSR count). The van der Waals surface area contributed by atoms with Crippen molar-refractivity contribution in [3.05, 3.63) is 194 Å². The van der Waals surface area contributed by atoms with E-state index in [9.17, 15) is 0 Å². The van der Waals surface area contributed by atoms with E-state index in [1.165, 1.54) is 76.5 Å². The van der Waals surface area contributed by atoms with Gasteiger partial charge in [0.05, 0.1) is 0 Å². The minimum Gasteiger partial charge on any atom is -0.456 e. The Kier molecular flexibility index (Phi) is 6.47. The van der Waals surface area contributed by atoms with Gasteiger partial charge in [-0.05, 0) is 106 Å². The lowest BCUT2D eigenvalue weighted by molar-refractivity contribution is 0.669. The smallest absolute Gasteiger partial charge is 0.136 e. The molecule has 0 N–H and O–H groups in total. The Hall–Kier alpha value is -7.68. The zero-order valence-corrected chi connectivity index (χ0v) is 31.3. The molecule has 0 saturated carbocycles. The largest absolute Gasteiger partial charge is 0.456 e. The highest BCUT2D eigenvalue weighted by Crippen LogP contribution is 2.50. The normalized spacial score (nSPS) is 12.1. The maximum atomic E-state index is 6.62. The molecule has 2 aromatic heterocycles. The summed E-state index contributed by atoms with van der Waals surface area (Å²) in [6.45, 7) is 0. The van der Waals surface area contributed by atoms with Crippen LogP contribution >= 0.6 is 0 Å². The Morgan fingerprint density at radius 3 is 1.14 bits per heavy atom. The quantitative estimate of drug-likeness (QED) is 0.169. The molecule has 0 spiro atoms.